The molecule has 1 saturated heterocycles. The van der Waals surface area contributed by atoms with Crippen LogP contribution in [0.1, 0.15) is 48.2 Å². The molecule has 1 fully saturated rings. The third kappa shape index (κ3) is 4.31. The first-order valence-electron chi connectivity index (χ1n) is 9.45. The molecule has 0 bridgehead atoms. The molecule has 0 spiro atoms. The number of imidazole rings is 1. The van der Waals surface area contributed by atoms with E-state index in [9.17, 15) is 0 Å². The van der Waals surface area contributed by atoms with Crippen LogP contribution in [0.4, 0.5) is 11.6 Å². The molecule has 3 aromatic heterocycles. The molecule has 140 valence electrons. The molecule has 2 N–H and O–H groups in total. The predicted molar refractivity (Wildman–Crippen MR) is 105 cm³/mol. The minimum Gasteiger partial charge on any atom is -0.347 e. The number of aromatic nitrogens is 5. The second kappa shape index (κ2) is 7.84. The van der Waals surface area contributed by atoms with Crippen molar-refractivity contribution >= 4 is 11.6 Å². The minimum atomic E-state index is 0.287. The van der Waals surface area contributed by atoms with E-state index in [1.165, 1.54) is 12.8 Å². The van der Waals surface area contributed by atoms with Crippen LogP contribution in [0.3, 0.4) is 0 Å². The molecule has 1 unspecified atom stereocenters. The Balaban J connectivity index is 1.58. The number of anilines is 2. The van der Waals surface area contributed by atoms with Crippen LogP contribution in [0.15, 0.2) is 36.8 Å². The molecule has 7 nitrogen and oxygen atoms in total. The summed E-state index contributed by atoms with van der Waals surface area (Å²) in [7, 11) is 0. The van der Waals surface area contributed by atoms with E-state index in [1.54, 1.807) is 6.33 Å². The van der Waals surface area contributed by atoms with E-state index in [-0.39, 0.29) is 6.04 Å². The van der Waals surface area contributed by atoms with Gasteiger partial charge in [-0.05, 0) is 45.4 Å². The van der Waals surface area contributed by atoms with Gasteiger partial charge in [-0.2, -0.15) is 0 Å². The Bertz CT molecular complexity index is 891. The van der Waals surface area contributed by atoms with E-state index in [0.29, 0.717) is 0 Å². The van der Waals surface area contributed by atoms with Gasteiger partial charge in [0.1, 0.15) is 17.5 Å². The molecule has 0 aromatic carbocycles. The van der Waals surface area contributed by atoms with Crippen molar-refractivity contribution in [3.63, 3.8) is 0 Å². The smallest absolute Gasteiger partial charge is 0.135 e. The number of rotatable bonds is 5. The Morgan fingerprint density at radius 1 is 1.15 bits per heavy atom. The van der Waals surface area contributed by atoms with Crippen LogP contribution in [-0.4, -0.2) is 36.4 Å². The Morgan fingerprint density at radius 3 is 2.89 bits per heavy atom. The fourth-order valence-corrected chi connectivity index (χ4v) is 3.67. The van der Waals surface area contributed by atoms with Crippen molar-refractivity contribution in [2.45, 2.75) is 45.7 Å². The third-order valence-corrected chi connectivity index (χ3v) is 4.89. The second-order valence-electron chi connectivity index (χ2n) is 7.07. The zero-order chi connectivity index (χ0) is 18.6. The van der Waals surface area contributed by atoms with Gasteiger partial charge in [-0.15, -0.1) is 0 Å². The summed E-state index contributed by atoms with van der Waals surface area (Å²) in [4.78, 5) is 23.7. The SMILES string of the molecule is Cc1cccc(Nc2cc(C3CCCCN3Cc3cnc[nH]3)nc(C)n2)n1. The van der Waals surface area contributed by atoms with E-state index in [4.69, 9.17) is 4.98 Å². The minimum absolute atomic E-state index is 0.287. The van der Waals surface area contributed by atoms with Crippen LogP contribution in [0.5, 0.6) is 0 Å². The number of aryl methyl sites for hydroxylation is 2. The maximum Gasteiger partial charge on any atom is 0.135 e. The Kier molecular flexibility index (Phi) is 5.11. The van der Waals surface area contributed by atoms with E-state index in [2.05, 4.69) is 36.2 Å². The van der Waals surface area contributed by atoms with E-state index < -0.39 is 0 Å². The van der Waals surface area contributed by atoms with Gasteiger partial charge in [0.2, 0.25) is 0 Å². The Hall–Kier alpha value is -2.80. The van der Waals surface area contributed by atoms with Gasteiger partial charge in [0.15, 0.2) is 0 Å². The molecule has 0 aliphatic carbocycles. The average Bonchev–Trinajstić information content (AvgIpc) is 3.15. The lowest BCUT2D eigenvalue weighted by molar-refractivity contribution is 0.135. The van der Waals surface area contributed by atoms with Gasteiger partial charge in [0.05, 0.1) is 18.1 Å². The molecule has 0 amide bonds. The van der Waals surface area contributed by atoms with Crippen LogP contribution in [0.2, 0.25) is 0 Å². The van der Waals surface area contributed by atoms with Crippen molar-refractivity contribution < 1.29 is 0 Å². The summed E-state index contributed by atoms with van der Waals surface area (Å²) >= 11 is 0. The summed E-state index contributed by atoms with van der Waals surface area (Å²) in [5.41, 5.74) is 3.18. The van der Waals surface area contributed by atoms with Gasteiger partial charge in [-0.25, -0.2) is 19.9 Å². The molecule has 7 heteroatoms. The highest BCUT2D eigenvalue weighted by atomic mass is 15.2. The summed E-state index contributed by atoms with van der Waals surface area (Å²) < 4.78 is 0. The summed E-state index contributed by atoms with van der Waals surface area (Å²) in [5.74, 6) is 2.37. The highest BCUT2D eigenvalue weighted by molar-refractivity contribution is 5.52. The third-order valence-electron chi connectivity index (χ3n) is 4.89. The van der Waals surface area contributed by atoms with Gasteiger partial charge in [-0.1, -0.05) is 12.5 Å². The van der Waals surface area contributed by atoms with Gasteiger partial charge in [0.25, 0.3) is 0 Å². The lowest BCUT2D eigenvalue weighted by atomic mass is 9.98. The van der Waals surface area contributed by atoms with Crippen molar-refractivity contribution in [1.82, 2.24) is 29.8 Å². The summed E-state index contributed by atoms with van der Waals surface area (Å²) in [6.07, 6.45) is 7.17. The normalized spacial score (nSPS) is 17.8. The van der Waals surface area contributed by atoms with Gasteiger partial charge < -0.3 is 10.3 Å². The number of nitrogens with zero attached hydrogens (tertiary/aromatic N) is 5. The van der Waals surface area contributed by atoms with Gasteiger partial charge in [-0.3, -0.25) is 4.90 Å². The largest absolute Gasteiger partial charge is 0.347 e. The zero-order valence-electron chi connectivity index (χ0n) is 15.8. The summed E-state index contributed by atoms with van der Waals surface area (Å²) in [6, 6.07) is 8.28. The summed E-state index contributed by atoms with van der Waals surface area (Å²) in [6.45, 7) is 5.85. The molecule has 3 aromatic rings. The van der Waals surface area contributed by atoms with Crippen molar-refractivity contribution in [3.8, 4) is 0 Å². The highest BCUT2D eigenvalue weighted by Gasteiger charge is 2.26. The first-order valence-corrected chi connectivity index (χ1v) is 9.45. The van der Waals surface area contributed by atoms with Crippen LogP contribution < -0.4 is 5.32 Å². The molecule has 0 radical (unpaired) electrons. The predicted octanol–water partition coefficient (Wildman–Crippen LogP) is 3.68. The lowest BCUT2D eigenvalue weighted by Crippen LogP contribution is -2.33. The molecule has 4 heterocycles. The average molecular weight is 363 g/mol. The van der Waals surface area contributed by atoms with Crippen molar-refractivity contribution in [1.29, 1.82) is 0 Å². The first kappa shape index (κ1) is 17.6. The van der Waals surface area contributed by atoms with Crippen molar-refractivity contribution in [3.05, 3.63) is 59.7 Å². The Morgan fingerprint density at radius 2 is 2.07 bits per heavy atom. The highest BCUT2D eigenvalue weighted by Crippen LogP contribution is 2.32. The van der Waals surface area contributed by atoms with Crippen LogP contribution in [-0.2, 0) is 6.54 Å². The second-order valence-corrected chi connectivity index (χ2v) is 7.07. The maximum atomic E-state index is 4.76. The molecule has 0 saturated carbocycles. The number of hydrogen-bond donors (Lipinski definition) is 2. The number of nitrogens with one attached hydrogen (secondary N) is 2. The molecular weight excluding hydrogens is 338 g/mol. The van der Waals surface area contributed by atoms with Crippen molar-refractivity contribution in [2.75, 3.05) is 11.9 Å². The van der Waals surface area contributed by atoms with Crippen LogP contribution >= 0.6 is 0 Å². The number of pyridine rings is 1. The van der Waals surface area contributed by atoms with Crippen LogP contribution in [0.25, 0.3) is 0 Å². The van der Waals surface area contributed by atoms with Crippen molar-refractivity contribution in [2.24, 2.45) is 0 Å². The van der Waals surface area contributed by atoms with Gasteiger partial charge in [0, 0.05) is 30.2 Å². The monoisotopic (exact) mass is 363 g/mol. The maximum absolute atomic E-state index is 4.76. The number of aromatic amines is 1. The van der Waals surface area contributed by atoms with Gasteiger partial charge >= 0.3 is 0 Å². The van der Waals surface area contributed by atoms with Crippen LogP contribution in [0, 0.1) is 13.8 Å². The molecule has 1 aliphatic rings. The van der Waals surface area contributed by atoms with E-state index >= 15 is 0 Å². The summed E-state index contributed by atoms with van der Waals surface area (Å²) in [5, 5.41) is 3.33. The molecule has 27 heavy (non-hydrogen) atoms. The standard InChI is InChI=1S/C20H25N7/c1-14-6-5-8-19(23-14)26-20-10-17(24-15(2)25-20)18-7-3-4-9-27(18)12-16-11-21-13-22-16/h5-6,8,10-11,13,18H,3-4,7,9,12H2,1-2H3,(H,21,22)(H,23,24,25,26). The lowest BCUT2D eigenvalue weighted by Gasteiger charge is -2.35. The van der Waals surface area contributed by atoms with E-state index in [0.717, 1.165) is 54.1 Å². The molecule has 1 aliphatic heterocycles. The first-order chi connectivity index (χ1) is 13.2. The zero-order valence-corrected chi connectivity index (χ0v) is 15.8. The molecule has 1 atom stereocenters. The number of piperidine rings is 1. The topological polar surface area (TPSA) is 82.6 Å². The number of likely N-dealkylation sites (tertiary alicyclic amines) is 1. The fourth-order valence-electron chi connectivity index (χ4n) is 3.67. The molecular formula is C20H25N7. The van der Waals surface area contributed by atoms with E-state index in [1.807, 2.05) is 38.2 Å². The number of hydrogen-bond acceptors (Lipinski definition) is 6. The number of H-pyrrole nitrogens is 1. The fraction of sp³-hybridized carbons (Fsp3) is 0.400. The molecule has 4 rings (SSSR count). The quantitative estimate of drug-likeness (QED) is 0.719. The Labute approximate surface area is 159 Å².